The van der Waals surface area contributed by atoms with E-state index < -0.39 is 31.3 Å². The van der Waals surface area contributed by atoms with E-state index in [4.69, 9.17) is 4.74 Å². The molecule has 0 aromatic heterocycles. The van der Waals surface area contributed by atoms with Crippen LogP contribution in [0.15, 0.2) is 24.3 Å². The van der Waals surface area contributed by atoms with Crippen LogP contribution in [0, 0.1) is 0 Å². The summed E-state index contributed by atoms with van der Waals surface area (Å²) in [5.41, 5.74) is 0.461. The molecule has 22 heavy (non-hydrogen) atoms. The van der Waals surface area contributed by atoms with Crippen molar-refractivity contribution < 1.29 is 32.3 Å². The Kier molecular flexibility index (Phi) is 5.90. The number of imide groups is 1. The van der Waals surface area contributed by atoms with Crippen molar-refractivity contribution >= 4 is 17.7 Å². The van der Waals surface area contributed by atoms with Crippen molar-refractivity contribution in [2.75, 3.05) is 13.2 Å². The summed E-state index contributed by atoms with van der Waals surface area (Å²) in [6.07, 6.45) is -4.56. The molecule has 1 aromatic carbocycles. The van der Waals surface area contributed by atoms with Crippen LogP contribution in [0.3, 0.4) is 0 Å². The average Bonchev–Trinajstić information content (AvgIpc) is 2.42. The van der Waals surface area contributed by atoms with E-state index in [2.05, 4.69) is 0 Å². The molecule has 0 heterocycles. The fourth-order valence-corrected chi connectivity index (χ4v) is 1.32. The third kappa shape index (κ3) is 6.73. The molecule has 9 heteroatoms. The van der Waals surface area contributed by atoms with Gasteiger partial charge in [-0.3, -0.25) is 14.9 Å². The summed E-state index contributed by atoms with van der Waals surface area (Å²) >= 11 is 0. The van der Waals surface area contributed by atoms with Crippen LogP contribution in [0.4, 0.5) is 18.0 Å². The molecular formula is C13H13F3N2O4. The third-order valence-corrected chi connectivity index (χ3v) is 2.33. The average molecular weight is 318 g/mol. The van der Waals surface area contributed by atoms with Gasteiger partial charge in [0, 0.05) is 5.56 Å². The first kappa shape index (κ1) is 17.5. The zero-order chi connectivity index (χ0) is 16.8. The number of nitrogens with one attached hydrogen (secondary N) is 2. The van der Waals surface area contributed by atoms with E-state index in [-0.39, 0.29) is 11.5 Å². The monoisotopic (exact) mass is 318 g/mol. The van der Waals surface area contributed by atoms with Gasteiger partial charge in [0.25, 0.3) is 5.91 Å². The molecule has 0 saturated heterocycles. The van der Waals surface area contributed by atoms with Gasteiger partial charge < -0.3 is 10.1 Å². The minimum absolute atomic E-state index is 0.134. The number of ether oxygens (including phenoxy) is 1. The molecule has 0 saturated carbocycles. The Hall–Kier alpha value is -2.58. The van der Waals surface area contributed by atoms with Crippen molar-refractivity contribution in [1.82, 2.24) is 10.6 Å². The molecule has 0 aliphatic rings. The molecule has 0 fully saturated rings. The highest BCUT2D eigenvalue weighted by atomic mass is 19.4. The van der Waals surface area contributed by atoms with Crippen LogP contribution < -0.4 is 15.4 Å². The standard InChI is InChI=1S/C13H13F3N2O4/c1-8(19)9-2-4-10(5-3-9)22-6-11(20)18-12(21)17-7-13(14,15)16/h2-5H,6-7H2,1H3,(H2,17,18,20,21). The van der Waals surface area contributed by atoms with Gasteiger partial charge in [-0.1, -0.05) is 0 Å². The lowest BCUT2D eigenvalue weighted by Crippen LogP contribution is -2.44. The summed E-state index contributed by atoms with van der Waals surface area (Å²) in [6.45, 7) is -0.707. The van der Waals surface area contributed by atoms with Crippen LogP contribution in [0.1, 0.15) is 17.3 Å². The molecule has 3 amide bonds. The molecular weight excluding hydrogens is 305 g/mol. The predicted octanol–water partition coefficient (Wildman–Crippen LogP) is 1.66. The van der Waals surface area contributed by atoms with E-state index in [0.29, 0.717) is 5.56 Å². The maximum atomic E-state index is 11.8. The van der Waals surface area contributed by atoms with E-state index in [1.807, 2.05) is 0 Å². The summed E-state index contributed by atoms with van der Waals surface area (Å²) in [7, 11) is 0. The summed E-state index contributed by atoms with van der Waals surface area (Å²) in [4.78, 5) is 33.3. The zero-order valence-corrected chi connectivity index (χ0v) is 11.5. The Morgan fingerprint density at radius 3 is 2.23 bits per heavy atom. The van der Waals surface area contributed by atoms with Crippen molar-refractivity contribution in [1.29, 1.82) is 0 Å². The number of carbonyl (C=O) groups excluding carboxylic acids is 3. The molecule has 2 N–H and O–H groups in total. The fourth-order valence-electron chi connectivity index (χ4n) is 1.32. The second-order valence-corrected chi connectivity index (χ2v) is 4.22. The number of carbonyl (C=O) groups is 3. The molecule has 0 atom stereocenters. The third-order valence-electron chi connectivity index (χ3n) is 2.33. The SMILES string of the molecule is CC(=O)c1ccc(OCC(=O)NC(=O)NCC(F)(F)F)cc1. The van der Waals surface area contributed by atoms with Crippen molar-refractivity contribution in [2.45, 2.75) is 13.1 Å². The number of rotatable bonds is 5. The van der Waals surface area contributed by atoms with Crippen molar-refractivity contribution in [3.8, 4) is 5.75 Å². The first-order valence-corrected chi connectivity index (χ1v) is 6.05. The topological polar surface area (TPSA) is 84.5 Å². The van der Waals surface area contributed by atoms with E-state index in [1.54, 1.807) is 5.32 Å². The van der Waals surface area contributed by atoms with Gasteiger partial charge in [-0.05, 0) is 31.2 Å². The molecule has 0 spiro atoms. The van der Waals surface area contributed by atoms with Gasteiger partial charge in [-0.25, -0.2) is 4.79 Å². The summed E-state index contributed by atoms with van der Waals surface area (Å²) in [6, 6.07) is 4.62. The number of amides is 3. The maximum Gasteiger partial charge on any atom is 0.405 e. The Labute approximate surface area is 123 Å². The van der Waals surface area contributed by atoms with Crippen molar-refractivity contribution in [3.05, 3.63) is 29.8 Å². The minimum atomic E-state index is -4.56. The van der Waals surface area contributed by atoms with Crippen LogP contribution in [0.2, 0.25) is 0 Å². The first-order valence-electron chi connectivity index (χ1n) is 6.05. The van der Waals surface area contributed by atoms with Gasteiger partial charge in [-0.15, -0.1) is 0 Å². The lowest BCUT2D eigenvalue weighted by Gasteiger charge is -2.09. The number of alkyl halides is 3. The van der Waals surface area contributed by atoms with Crippen LogP contribution in [-0.4, -0.2) is 37.0 Å². The number of hydrogen-bond donors (Lipinski definition) is 2. The van der Waals surface area contributed by atoms with E-state index in [1.165, 1.54) is 36.5 Å². The Morgan fingerprint density at radius 2 is 1.73 bits per heavy atom. The van der Waals surface area contributed by atoms with Gasteiger partial charge in [0.15, 0.2) is 12.4 Å². The predicted molar refractivity (Wildman–Crippen MR) is 69.5 cm³/mol. The number of halogens is 3. The van der Waals surface area contributed by atoms with Crippen LogP contribution in [-0.2, 0) is 4.79 Å². The first-order chi connectivity index (χ1) is 10.2. The summed E-state index contributed by atoms with van der Waals surface area (Å²) < 4.78 is 40.5. The smallest absolute Gasteiger partial charge is 0.405 e. The highest BCUT2D eigenvalue weighted by molar-refractivity contribution is 5.95. The summed E-state index contributed by atoms with van der Waals surface area (Å²) in [5, 5.41) is 3.17. The molecule has 1 aromatic rings. The van der Waals surface area contributed by atoms with Gasteiger partial charge in [0.05, 0.1) is 0 Å². The van der Waals surface area contributed by atoms with Gasteiger partial charge in [-0.2, -0.15) is 13.2 Å². The highest BCUT2D eigenvalue weighted by Gasteiger charge is 2.27. The number of ketones is 1. The molecule has 0 aliphatic heterocycles. The highest BCUT2D eigenvalue weighted by Crippen LogP contribution is 2.13. The van der Waals surface area contributed by atoms with Crippen molar-refractivity contribution in [2.24, 2.45) is 0 Å². The second-order valence-electron chi connectivity index (χ2n) is 4.22. The van der Waals surface area contributed by atoms with E-state index >= 15 is 0 Å². The molecule has 1 rings (SSSR count). The molecule has 0 bridgehead atoms. The lowest BCUT2D eigenvalue weighted by molar-refractivity contribution is -0.125. The molecule has 0 aliphatic carbocycles. The normalized spacial score (nSPS) is 10.7. The van der Waals surface area contributed by atoms with Gasteiger partial charge >= 0.3 is 12.2 Å². The lowest BCUT2D eigenvalue weighted by atomic mass is 10.1. The quantitative estimate of drug-likeness (QED) is 0.809. The van der Waals surface area contributed by atoms with Crippen molar-refractivity contribution in [3.63, 3.8) is 0 Å². The Morgan fingerprint density at radius 1 is 1.14 bits per heavy atom. The number of hydrogen-bond acceptors (Lipinski definition) is 4. The van der Waals surface area contributed by atoms with Crippen LogP contribution in [0.25, 0.3) is 0 Å². The van der Waals surface area contributed by atoms with E-state index in [0.717, 1.165) is 0 Å². The van der Waals surface area contributed by atoms with Gasteiger partial charge in [0.1, 0.15) is 12.3 Å². The van der Waals surface area contributed by atoms with Crippen LogP contribution >= 0.6 is 0 Å². The minimum Gasteiger partial charge on any atom is -0.484 e. The largest absolute Gasteiger partial charge is 0.484 e. The second kappa shape index (κ2) is 7.43. The Bertz CT molecular complexity index is 555. The Balaban J connectivity index is 2.36. The number of benzene rings is 1. The molecule has 0 radical (unpaired) electrons. The molecule has 0 unspecified atom stereocenters. The molecule has 6 nitrogen and oxygen atoms in total. The van der Waals surface area contributed by atoms with Crippen LogP contribution in [0.5, 0.6) is 5.75 Å². The fraction of sp³-hybridized carbons (Fsp3) is 0.308. The number of Topliss-reactive ketones (excluding diaryl/α,β-unsaturated/α-hetero) is 1. The zero-order valence-electron chi connectivity index (χ0n) is 11.5. The molecule has 120 valence electrons. The van der Waals surface area contributed by atoms with Gasteiger partial charge in [0.2, 0.25) is 0 Å². The number of urea groups is 1. The maximum absolute atomic E-state index is 11.8. The van der Waals surface area contributed by atoms with E-state index in [9.17, 15) is 27.6 Å². The summed E-state index contributed by atoms with van der Waals surface area (Å²) in [5.74, 6) is -0.767.